The van der Waals surface area contributed by atoms with Gasteiger partial charge in [0, 0.05) is 23.8 Å². The highest BCUT2D eigenvalue weighted by molar-refractivity contribution is 5.59. The monoisotopic (exact) mass is 420 g/mol. The molecule has 5 rings (SSSR count). The zero-order valence-corrected chi connectivity index (χ0v) is 19.1. The van der Waals surface area contributed by atoms with E-state index in [1.54, 1.807) is 7.11 Å². The summed E-state index contributed by atoms with van der Waals surface area (Å²) in [5.41, 5.74) is 8.17. The second-order valence-corrected chi connectivity index (χ2v) is 8.66. The van der Waals surface area contributed by atoms with Gasteiger partial charge in [-0.05, 0) is 43.0 Å². The average molecular weight is 421 g/mol. The van der Waals surface area contributed by atoms with Crippen LogP contribution in [0.15, 0.2) is 97.1 Å². The van der Waals surface area contributed by atoms with Crippen LogP contribution in [0.4, 0.5) is 0 Å². The van der Waals surface area contributed by atoms with E-state index >= 15 is 0 Å². The van der Waals surface area contributed by atoms with E-state index in [9.17, 15) is 0 Å². The predicted molar refractivity (Wildman–Crippen MR) is 129 cm³/mol. The zero-order chi connectivity index (χ0) is 22.3. The van der Waals surface area contributed by atoms with E-state index in [1.807, 2.05) is 12.1 Å². The van der Waals surface area contributed by atoms with Crippen LogP contribution in [0.5, 0.6) is 0 Å². The molecule has 0 aromatic heterocycles. The Morgan fingerprint density at radius 2 is 1.09 bits per heavy atom. The fraction of sp³-hybridized carbons (Fsp3) is 0.200. The molecule has 1 atom stereocenters. The molecule has 0 fully saturated rings. The normalized spacial score (nSPS) is 19.0. The minimum absolute atomic E-state index is 0.793. The average Bonchev–Trinajstić information content (AvgIpc) is 3.12. The van der Waals surface area contributed by atoms with Crippen molar-refractivity contribution in [2.24, 2.45) is 0 Å². The van der Waals surface area contributed by atoms with Gasteiger partial charge in [0.05, 0.1) is 0 Å². The van der Waals surface area contributed by atoms with Crippen LogP contribution in [0.25, 0.3) is 0 Å². The summed E-state index contributed by atoms with van der Waals surface area (Å²) in [6.45, 7) is 6.42. The van der Waals surface area contributed by atoms with Gasteiger partial charge in [-0.2, -0.15) is 0 Å². The lowest BCUT2D eigenvalue weighted by molar-refractivity contribution is -0.227. The van der Waals surface area contributed by atoms with Crippen molar-refractivity contribution < 1.29 is 9.47 Å². The van der Waals surface area contributed by atoms with Gasteiger partial charge in [-0.25, -0.2) is 0 Å². The Morgan fingerprint density at radius 3 is 1.59 bits per heavy atom. The quantitative estimate of drug-likeness (QED) is 0.362. The zero-order valence-electron chi connectivity index (χ0n) is 19.1. The molecule has 2 heteroatoms. The molecule has 1 aliphatic rings. The van der Waals surface area contributed by atoms with Gasteiger partial charge in [0.25, 0.3) is 0 Å². The maximum absolute atomic E-state index is 7.29. The third-order valence-corrected chi connectivity index (χ3v) is 6.61. The summed E-state index contributed by atoms with van der Waals surface area (Å²) in [6.07, 6.45) is 0. The maximum Gasteiger partial charge on any atom is 0.224 e. The molecule has 0 radical (unpaired) electrons. The highest BCUT2D eigenvalue weighted by Gasteiger charge is 2.57. The van der Waals surface area contributed by atoms with Crippen molar-refractivity contribution in [1.82, 2.24) is 0 Å². The molecule has 1 heterocycles. The number of fused-ring (bicyclic) bond motifs is 1. The largest absolute Gasteiger partial charge is 0.345 e. The first-order valence-electron chi connectivity index (χ1n) is 11.1. The van der Waals surface area contributed by atoms with Crippen LogP contribution in [0.2, 0.25) is 0 Å². The second-order valence-electron chi connectivity index (χ2n) is 8.66. The van der Waals surface area contributed by atoms with Crippen LogP contribution in [-0.2, 0) is 20.9 Å². The molecule has 1 unspecified atom stereocenters. The Labute approximate surface area is 190 Å². The Balaban J connectivity index is 1.89. The van der Waals surface area contributed by atoms with Crippen molar-refractivity contribution >= 4 is 0 Å². The Morgan fingerprint density at radius 1 is 0.625 bits per heavy atom. The number of benzene rings is 4. The van der Waals surface area contributed by atoms with Crippen molar-refractivity contribution in [1.29, 1.82) is 0 Å². The summed E-state index contributed by atoms with van der Waals surface area (Å²) < 4.78 is 13.7. The molecular weight excluding hydrogens is 392 g/mol. The van der Waals surface area contributed by atoms with Gasteiger partial charge in [0.2, 0.25) is 5.79 Å². The number of hydrogen-bond donors (Lipinski definition) is 0. The first kappa shape index (κ1) is 20.7. The Bertz CT molecular complexity index is 1200. The minimum atomic E-state index is -1.02. The van der Waals surface area contributed by atoms with E-state index in [2.05, 4.69) is 106 Å². The highest BCUT2D eigenvalue weighted by Crippen LogP contribution is 2.57. The van der Waals surface area contributed by atoms with E-state index in [0.29, 0.717) is 0 Å². The number of rotatable bonds is 4. The van der Waals surface area contributed by atoms with E-state index in [1.165, 1.54) is 5.56 Å². The van der Waals surface area contributed by atoms with Crippen LogP contribution in [-0.4, -0.2) is 7.11 Å². The number of hydrogen-bond acceptors (Lipinski definition) is 2. The molecule has 1 aliphatic heterocycles. The maximum atomic E-state index is 7.29. The third kappa shape index (κ3) is 2.87. The van der Waals surface area contributed by atoms with Crippen LogP contribution in [0.3, 0.4) is 0 Å². The lowest BCUT2D eigenvalue weighted by Gasteiger charge is -2.37. The van der Waals surface area contributed by atoms with Crippen molar-refractivity contribution in [3.8, 4) is 0 Å². The molecule has 0 bridgehead atoms. The van der Waals surface area contributed by atoms with Gasteiger partial charge in [-0.3, -0.25) is 0 Å². The fourth-order valence-electron chi connectivity index (χ4n) is 5.48. The summed E-state index contributed by atoms with van der Waals surface area (Å²) in [5.74, 6) is -1.02. The Hall–Kier alpha value is -3.20. The van der Waals surface area contributed by atoms with E-state index in [0.717, 1.165) is 38.9 Å². The molecule has 4 aromatic carbocycles. The molecule has 0 amide bonds. The topological polar surface area (TPSA) is 18.5 Å². The molecule has 160 valence electrons. The number of methoxy groups -OCH3 is 1. The molecule has 0 saturated carbocycles. The number of ether oxygens (including phenoxy) is 2. The summed E-state index contributed by atoms with van der Waals surface area (Å²) >= 11 is 0. The molecule has 0 aliphatic carbocycles. The molecule has 0 saturated heterocycles. The second kappa shape index (κ2) is 7.74. The molecule has 0 spiro atoms. The van der Waals surface area contributed by atoms with Crippen molar-refractivity contribution in [3.05, 3.63) is 142 Å². The van der Waals surface area contributed by atoms with Crippen molar-refractivity contribution in [2.45, 2.75) is 32.2 Å². The SMILES string of the molecule is COC1(c2c(C)cc(C)cc2C)OC(c2ccccc2)(c2ccccc2)c2ccccc21. The minimum Gasteiger partial charge on any atom is -0.345 e. The van der Waals surface area contributed by atoms with Crippen LogP contribution in [0, 0.1) is 20.8 Å². The first-order chi connectivity index (χ1) is 15.5. The van der Waals surface area contributed by atoms with E-state index in [-0.39, 0.29) is 0 Å². The van der Waals surface area contributed by atoms with Crippen LogP contribution in [0.1, 0.15) is 44.5 Å². The standard InChI is InChI=1S/C30H28O2/c1-21-19-22(2)28(23(3)20-21)30(31-4)27-18-12-11-17-26(27)29(32-30,24-13-7-5-8-14-24)25-15-9-6-10-16-25/h5-20H,1-4H3. The van der Waals surface area contributed by atoms with E-state index < -0.39 is 11.4 Å². The molecule has 32 heavy (non-hydrogen) atoms. The third-order valence-electron chi connectivity index (χ3n) is 6.61. The molecule has 2 nitrogen and oxygen atoms in total. The van der Waals surface area contributed by atoms with Gasteiger partial charge in [-0.15, -0.1) is 0 Å². The summed E-state index contributed by atoms with van der Waals surface area (Å²) in [4.78, 5) is 0. The van der Waals surface area contributed by atoms with Gasteiger partial charge in [-0.1, -0.05) is 103 Å². The Kier molecular flexibility index (Phi) is 5.00. The highest BCUT2D eigenvalue weighted by atomic mass is 16.7. The molecule has 4 aromatic rings. The van der Waals surface area contributed by atoms with Gasteiger partial charge >= 0.3 is 0 Å². The molecular formula is C30H28O2. The smallest absolute Gasteiger partial charge is 0.224 e. The fourth-order valence-corrected chi connectivity index (χ4v) is 5.48. The summed E-state index contributed by atoms with van der Waals surface area (Å²) in [5, 5.41) is 0. The summed E-state index contributed by atoms with van der Waals surface area (Å²) in [7, 11) is 1.75. The van der Waals surface area contributed by atoms with E-state index in [4.69, 9.17) is 9.47 Å². The van der Waals surface area contributed by atoms with Crippen LogP contribution < -0.4 is 0 Å². The van der Waals surface area contributed by atoms with Crippen molar-refractivity contribution in [2.75, 3.05) is 7.11 Å². The van der Waals surface area contributed by atoms with Gasteiger partial charge in [0.15, 0.2) is 0 Å². The lowest BCUT2D eigenvalue weighted by Crippen LogP contribution is -2.37. The van der Waals surface area contributed by atoms with Crippen molar-refractivity contribution in [3.63, 3.8) is 0 Å². The van der Waals surface area contributed by atoms with Gasteiger partial charge < -0.3 is 9.47 Å². The summed E-state index contributed by atoms with van der Waals surface area (Å²) in [6, 6.07) is 33.8. The van der Waals surface area contributed by atoms with Crippen LogP contribution >= 0.6 is 0 Å². The predicted octanol–water partition coefficient (Wildman–Crippen LogP) is 6.78. The number of aryl methyl sites for hydroxylation is 3. The lowest BCUT2D eigenvalue weighted by atomic mass is 9.79. The van der Waals surface area contributed by atoms with Gasteiger partial charge in [0.1, 0.15) is 5.60 Å². The molecule has 0 N–H and O–H groups in total. The first-order valence-corrected chi connectivity index (χ1v) is 11.1.